The summed E-state index contributed by atoms with van der Waals surface area (Å²) < 4.78 is 26.4. The lowest BCUT2D eigenvalue weighted by atomic mass is 9.91. The van der Waals surface area contributed by atoms with Crippen molar-refractivity contribution in [2.45, 2.75) is 44.3 Å². The number of anilines is 2. The smallest absolute Gasteiger partial charge is 0.225 e. The van der Waals surface area contributed by atoms with Crippen molar-refractivity contribution in [3.8, 4) is 0 Å². The van der Waals surface area contributed by atoms with Crippen LogP contribution in [0.15, 0.2) is 42.5 Å². The average molecular weight is 412 g/mol. The summed E-state index contributed by atoms with van der Waals surface area (Å²) in [6, 6.07) is 12.8. The van der Waals surface area contributed by atoms with Crippen LogP contribution in [0.3, 0.4) is 0 Å². The highest BCUT2D eigenvalue weighted by Gasteiger charge is 2.22. The molecule has 0 atom stereocenters. The molecule has 4 rings (SSSR count). The van der Waals surface area contributed by atoms with E-state index in [-0.39, 0.29) is 0 Å². The number of aromatic nitrogens is 2. The van der Waals surface area contributed by atoms with Crippen molar-refractivity contribution in [3.05, 3.63) is 59.7 Å². The average Bonchev–Trinajstić information content (AvgIpc) is 2.75. The zero-order valence-electron chi connectivity index (χ0n) is 17.3. The van der Waals surface area contributed by atoms with E-state index in [2.05, 4.69) is 10.6 Å². The Bertz CT molecular complexity index is 1020. The van der Waals surface area contributed by atoms with Crippen LogP contribution < -0.4 is 15.5 Å². The van der Waals surface area contributed by atoms with Crippen molar-refractivity contribution >= 4 is 22.7 Å². The van der Waals surface area contributed by atoms with Crippen LogP contribution in [0.25, 0.3) is 10.9 Å². The molecule has 1 aliphatic carbocycles. The minimum atomic E-state index is -0.807. The fourth-order valence-electron chi connectivity index (χ4n) is 4.00. The van der Waals surface area contributed by atoms with Gasteiger partial charge in [-0.1, -0.05) is 18.2 Å². The Morgan fingerprint density at radius 1 is 0.933 bits per heavy atom. The highest BCUT2D eigenvalue weighted by atomic mass is 19.2. The van der Waals surface area contributed by atoms with Gasteiger partial charge in [-0.25, -0.2) is 13.8 Å². The number of benzene rings is 2. The van der Waals surface area contributed by atoms with Crippen molar-refractivity contribution in [1.82, 2.24) is 15.3 Å². The number of rotatable bonds is 6. The summed E-state index contributed by atoms with van der Waals surface area (Å²) in [4.78, 5) is 11.4. The molecule has 2 aromatic carbocycles. The van der Waals surface area contributed by atoms with Crippen molar-refractivity contribution in [3.63, 3.8) is 0 Å². The van der Waals surface area contributed by atoms with Gasteiger partial charge >= 0.3 is 0 Å². The predicted octanol–water partition coefficient (Wildman–Crippen LogP) is 4.49. The Morgan fingerprint density at radius 2 is 1.67 bits per heavy atom. The normalized spacial score (nSPS) is 19.1. The minimum absolute atomic E-state index is 0.322. The fraction of sp³-hybridized carbons (Fsp3) is 0.391. The van der Waals surface area contributed by atoms with Crippen LogP contribution in [-0.4, -0.2) is 36.1 Å². The Kier molecular flexibility index (Phi) is 6.08. The van der Waals surface area contributed by atoms with Crippen molar-refractivity contribution in [2.24, 2.45) is 0 Å². The second kappa shape index (κ2) is 8.92. The van der Waals surface area contributed by atoms with Gasteiger partial charge in [-0.3, -0.25) is 0 Å². The van der Waals surface area contributed by atoms with E-state index in [1.54, 1.807) is 6.07 Å². The highest BCUT2D eigenvalue weighted by molar-refractivity contribution is 5.90. The zero-order valence-corrected chi connectivity index (χ0v) is 17.3. The predicted molar refractivity (Wildman–Crippen MR) is 117 cm³/mol. The molecule has 3 aromatic rings. The maximum atomic E-state index is 13.4. The van der Waals surface area contributed by atoms with Crippen LogP contribution >= 0.6 is 0 Å². The summed E-state index contributed by atoms with van der Waals surface area (Å²) in [7, 11) is 3.98. The van der Waals surface area contributed by atoms with Gasteiger partial charge in [-0.2, -0.15) is 4.98 Å². The Hall–Kier alpha value is -2.80. The van der Waals surface area contributed by atoms with Crippen LogP contribution in [0, 0.1) is 11.6 Å². The van der Waals surface area contributed by atoms with Gasteiger partial charge in [0.2, 0.25) is 5.95 Å². The van der Waals surface area contributed by atoms with Crippen LogP contribution in [0.2, 0.25) is 0 Å². The lowest BCUT2D eigenvalue weighted by molar-refractivity contribution is 0.352. The minimum Gasteiger partial charge on any atom is -0.362 e. The Balaban J connectivity index is 1.34. The molecule has 0 radical (unpaired) electrons. The number of hydrogen-bond donors (Lipinski definition) is 2. The van der Waals surface area contributed by atoms with E-state index in [9.17, 15) is 8.78 Å². The highest BCUT2D eigenvalue weighted by Crippen LogP contribution is 2.26. The number of nitrogens with zero attached hydrogens (tertiary/aromatic N) is 3. The molecule has 158 valence electrons. The van der Waals surface area contributed by atoms with Gasteiger partial charge < -0.3 is 15.5 Å². The number of halogens is 2. The van der Waals surface area contributed by atoms with E-state index >= 15 is 0 Å². The van der Waals surface area contributed by atoms with E-state index in [0.717, 1.165) is 48.0 Å². The molecule has 1 saturated carbocycles. The molecule has 1 aromatic heterocycles. The number of para-hydroxylation sites is 1. The topological polar surface area (TPSA) is 53.1 Å². The van der Waals surface area contributed by atoms with E-state index in [1.807, 2.05) is 43.3 Å². The van der Waals surface area contributed by atoms with Crippen molar-refractivity contribution in [2.75, 3.05) is 24.3 Å². The first kappa shape index (κ1) is 20.5. The molecule has 1 fully saturated rings. The molecule has 0 unspecified atom stereocenters. The Morgan fingerprint density at radius 3 is 2.40 bits per heavy atom. The molecule has 30 heavy (non-hydrogen) atoms. The van der Waals surface area contributed by atoms with Crippen LogP contribution in [0.4, 0.5) is 20.5 Å². The molecule has 0 saturated heterocycles. The maximum Gasteiger partial charge on any atom is 0.225 e. The number of fused-ring (bicyclic) bond motifs is 1. The van der Waals surface area contributed by atoms with Gasteiger partial charge in [0, 0.05) is 38.1 Å². The standard InChI is InChI=1S/C23H27F2N5/c1-30(2)22-18-5-3-4-6-21(18)28-23(29-22)27-17-10-8-16(9-11-17)26-14-15-7-12-19(24)20(25)13-15/h3-7,12-13,16-17,26H,8-11,14H2,1-2H3,(H,27,28,29). The van der Waals surface area contributed by atoms with Crippen molar-refractivity contribution in [1.29, 1.82) is 0 Å². The van der Waals surface area contributed by atoms with E-state index < -0.39 is 11.6 Å². The molecule has 2 N–H and O–H groups in total. The van der Waals surface area contributed by atoms with E-state index in [4.69, 9.17) is 9.97 Å². The number of nitrogens with one attached hydrogen (secondary N) is 2. The second-order valence-corrected chi connectivity index (χ2v) is 8.10. The van der Waals surface area contributed by atoms with Gasteiger partial charge in [0.1, 0.15) is 5.82 Å². The number of hydrogen-bond acceptors (Lipinski definition) is 5. The van der Waals surface area contributed by atoms with Crippen LogP contribution in [-0.2, 0) is 6.54 Å². The van der Waals surface area contributed by atoms with Crippen molar-refractivity contribution < 1.29 is 8.78 Å². The molecule has 1 aliphatic rings. The zero-order chi connectivity index (χ0) is 21.1. The molecule has 0 spiro atoms. The van der Waals surface area contributed by atoms with Gasteiger partial charge in [0.25, 0.3) is 0 Å². The first-order valence-corrected chi connectivity index (χ1v) is 10.4. The molecule has 1 heterocycles. The van der Waals surface area contributed by atoms with Gasteiger partial charge in [-0.05, 0) is 55.5 Å². The molecule has 5 nitrogen and oxygen atoms in total. The molecule has 7 heteroatoms. The molecular formula is C23H27F2N5. The third kappa shape index (κ3) is 4.67. The van der Waals surface area contributed by atoms with Crippen LogP contribution in [0.1, 0.15) is 31.2 Å². The lowest BCUT2D eigenvalue weighted by Crippen LogP contribution is -2.37. The fourth-order valence-corrected chi connectivity index (χ4v) is 4.00. The summed E-state index contributed by atoms with van der Waals surface area (Å²) >= 11 is 0. The first-order valence-electron chi connectivity index (χ1n) is 10.4. The summed E-state index contributed by atoms with van der Waals surface area (Å²) in [6.45, 7) is 0.542. The summed E-state index contributed by atoms with van der Waals surface area (Å²) in [5, 5.41) is 8.01. The molecule has 0 bridgehead atoms. The maximum absolute atomic E-state index is 13.4. The monoisotopic (exact) mass is 411 g/mol. The quantitative estimate of drug-likeness (QED) is 0.626. The Labute approximate surface area is 175 Å². The molecule has 0 aliphatic heterocycles. The third-order valence-corrected chi connectivity index (χ3v) is 5.65. The first-order chi connectivity index (χ1) is 14.5. The van der Waals surface area contributed by atoms with Crippen LogP contribution in [0.5, 0.6) is 0 Å². The van der Waals surface area contributed by atoms with Gasteiger partial charge in [0.15, 0.2) is 11.6 Å². The largest absolute Gasteiger partial charge is 0.362 e. The van der Waals surface area contributed by atoms with Gasteiger partial charge in [-0.15, -0.1) is 0 Å². The summed E-state index contributed by atoms with van der Waals surface area (Å²) in [6.07, 6.45) is 4.02. The SMILES string of the molecule is CN(C)c1nc(NC2CCC(NCc3ccc(F)c(F)c3)CC2)nc2ccccc12. The van der Waals surface area contributed by atoms with E-state index in [0.29, 0.717) is 24.6 Å². The third-order valence-electron chi connectivity index (χ3n) is 5.65. The summed E-state index contributed by atoms with van der Waals surface area (Å²) in [5.74, 6) is -0.0334. The van der Waals surface area contributed by atoms with E-state index in [1.165, 1.54) is 12.1 Å². The lowest BCUT2D eigenvalue weighted by Gasteiger charge is -2.30. The van der Waals surface area contributed by atoms with Gasteiger partial charge in [0.05, 0.1) is 5.52 Å². The summed E-state index contributed by atoms with van der Waals surface area (Å²) in [5.41, 5.74) is 1.69. The molecule has 0 amide bonds. The molecular weight excluding hydrogens is 384 g/mol. The second-order valence-electron chi connectivity index (χ2n) is 8.10.